The monoisotopic (exact) mass is 255 g/mol. The number of nitrogens with zero attached hydrogens (tertiary/aromatic N) is 2. The van der Waals surface area contributed by atoms with Crippen molar-refractivity contribution in [3.8, 4) is 28.7 Å². The molecular formula is C13H9N3O3. The predicted molar refractivity (Wildman–Crippen MR) is 67.5 cm³/mol. The Kier molecular flexibility index (Phi) is 2.60. The van der Waals surface area contributed by atoms with Crippen LogP contribution in [0.1, 0.15) is 0 Å². The van der Waals surface area contributed by atoms with Crippen LogP contribution in [0.3, 0.4) is 0 Å². The third-order valence-corrected chi connectivity index (χ3v) is 2.53. The number of hydrogen-bond acceptors (Lipinski definition) is 5. The molecule has 0 aliphatic rings. The second kappa shape index (κ2) is 4.41. The minimum absolute atomic E-state index is 0.122. The molecule has 0 fully saturated rings. The Bertz CT molecular complexity index is 776. The zero-order valence-corrected chi connectivity index (χ0v) is 9.70. The average molecular weight is 255 g/mol. The molecule has 0 aliphatic carbocycles. The van der Waals surface area contributed by atoms with Crippen LogP contribution in [0.2, 0.25) is 0 Å². The van der Waals surface area contributed by atoms with Gasteiger partial charge >= 0.3 is 0 Å². The first-order chi connectivity index (χ1) is 9.22. The summed E-state index contributed by atoms with van der Waals surface area (Å²) >= 11 is 0. The van der Waals surface area contributed by atoms with Crippen LogP contribution in [0.5, 0.6) is 5.75 Å². The van der Waals surface area contributed by atoms with E-state index in [2.05, 4.69) is 15.1 Å². The number of hydrogen-bond donors (Lipinski definition) is 2. The second-order valence-electron chi connectivity index (χ2n) is 3.90. The topological polar surface area (TPSA) is 92.0 Å². The van der Waals surface area contributed by atoms with Crippen LogP contribution in [0.25, 0.3) is 23.0 Å². The van der Waals surface area contributed by atoms with Gasteiger partial charge in [-0.2, -0.15) is 4.98 Å². The number of phenols is 1. The van der Waals surface area contributed by atoms with E-state index in [0.29, 0.717) is 17.1 Å². The summed E-state index contributed by atoms with van der Waals surface area (Å²) in [6.07, 6.45) is 0. The molecule has 0 saturated carbocycles. The second-order valence-corrected chi connectivity index (χ2v) is 3.90. The third kappa shape index (κ3) is 2.23. The van der Waals surface area contributed by atoms with Gasteiger partial charge in [-0.05, 0) is 18.2 Å². The molecule has 2 heterocycles. The van der Waals surface area contributed by atoms with E-state index in [9.17, 15) is 9.90 Å². The SMILES string of the molecule is O=c1cccc(-c2nc(-c3cccc(O)c3)no2)[nH]1. The molecule has 19 heavy (non-hydrogen) atoms. The van der Waals surface area contributed by atoms with Crippen LogP contribution < -0.4 is 5.56 Å². The maximum atomic E-state index is 11.2. The fourth-order valence-electron chi connectivity index (χ4n) is 1.67. The molecule has 0 bridgehead atoms. The van der Waals surface area contributed by atoms with Crippen LogP contribution in [0, 0.1) is 0 Å². The molecule has 6 nitrogen and oxygen atoms in total. The smallest absolute Gasteiger partial charge is 0.274 e. The maximum Gasteiger partial charge on any atom is 0.274 e. The third-order valence-electron chi connectivity index (χ3n) is 2.53. The lowest BCUT2D eigenvalue weighted by Crippen LogP contribution is -2.03. The average Bonchev–Trinajstić information content (AvgIpc) is 2.88. The number of nitrogens with one attached hydrogen (secondary N) is 1. The van der Waals surface area contributed by atoms with Crippen molar-refractivity contribution in [2.45, 2.75) is 0 Å². The van der Waals surface area contributed by atoms with E-state index in [1.165, 1.54) is 12.1 Å². The molecule has 0 radical (unpaired) electrons. The Hall–Kier alpha value is -2.89. The highest BCUT2D eigenvalue weighted by molar-refractivity contribution is 5.59. The summed E-state index contributed by atoms with van der Waals surface area (Å²) in [6.45, 7) is 0. The number of aromatic hydroxyl groups is 1. The zero-order valence-electron chi connectivity index (χ0n) is 9.70. The highest BCUT2D eigenvalue weighted by Crippen LogP contribution is 2.22. The number of rotatable bonds is 2. The summed E-state index contributed by atoms with van der Waals surface area (Å²) in [7, 11) is 0. The first-order valence-electron chi connectivity index (χ1n) is 5.55. The fraction of sp³-hybridized carbons (Fsp3) is 0. The van der Waals surface area contributed by atoms with Gasteiger partial charge in [0.05, 0.1) is 0 Å². The van der Waals surface area contributed by atoms with Gasteiger partial charge in [0.15, 0.2) is 0 Å². The van der Waals surface area contributed by atoms with E-state index >= 15 is 0 Å². The molecule has 0 atom stereocenters. The molecule has 1 aromatic carbocycles. The molecule has 0 spiro atoms. The lowest BCUT2D eigenvalue weighted by molar-refractivity contribution is 0.431. The molecule has 6 heteroatoms. The number of H-pyrrole nitrogens is 1. The van der Waals surface area contributed by atoms with Gasteiger partial charge in [0.25, 0.3) is 5.89 Å². The Labute approximate surface area is 107 Å². The van der Waals surface area contributed by atoms with Crippen molar-refractivity contribution >= 4 is 0 Å². The van der Waals surface area contributed by atoms with Crippen LogP contribution >= 0.6 is 0 Å². The molecule has 3 rings (SSSR count). The molecule has 0 unspecified atom stereocenters. The van der Waals surface area contributed by atoms with Gasteiger partial charge in [0, 0.05) is 11.6 Å². The lowest BCUT2D eigenvalue weighted by Gasteiger charge is -1.94. The van der Waals surface area contributed by atoms with E-state index in [0.717, 1.165) is 0 Å². The summed E-state index contributed by atoms with van der Waals surface area (Å²) in [5.74, 6) is 0.684. The van der Waals surface area contributed by atoms with Crippen molar-refractivity contribution in [1.29, 1.82) is 0 Å². The number of benzene rings is 1. The summed E-state index contributed by atoms with van der Waals surface area (Å²) in [4.78, 5) is 18.0. The van der Waals surface area contributed by atoms with Gasteiger partial charge in [0.1, 0.15) is 11.4 Å². The Morgan fingerprint density at radius 2 is 2.00 bits per heavy atom. The van der Waals surface area contributed by atoms with Gasteiger partial charge < -0.3 is 14.6 Å². The van der Waals surface area contributed by atoms with Crippen molar-refractivity contribution in [3.05, 3.63) is 52.8 Å². The molecule has 3 aromatic rings. The first-order valence-corrected chi connectivity index (χ1v) is 5.55. The van der Waals surface area contributed by atoms with Crippen molar-refractivity contribution in [1.82, 2.24) is 15.1 Å². The van der Waals surface area contributed by atoms with E-state index < -0.39 is 0 Å². The summed E-state index contributed by atoms with van der Waals surface area (Å²) in [5, 5.41) is 13.2. The number of phenolic OH excluding ortho intramolecular Hbond substituents is 1. The highest BCUT2D eigenvalue weighted by Gasteiger charge is 2.11. The molecule has 0 amide bonds. The van der Waals surface area contributed by atoms with Gasteiger partial charge in [-0.3, -0.25) is 4.79 Å². The van der Waals surface area contributed by atoms with Crippen molar-refractivity contribution in [2.24, 2.45) is 0 Å². The van der Waals surface area contributed by atoms with Crippen molar-refractivity contribution in [2.75, 3.05) is 0 Å². The largest absolute Gasteiger partial charge is 0.508 e. The molecule has 0 aliphatic heterocycles. The van der Waals surface area contributed by atoms with Gasteiger partial charge in [-0.1, -0.05) is 23.4 Å². The molecule has 94 valence electrons. The normalized spacial score (nSPS) is 10.5. The first kappa shape index (κ1) is 11.2. The molecule has 2 N–H and O–H groups in total. The van der Waals surface area contributed by atoms with Gasteiger partial charge in [-0.25, -0.2) is 0 Å². The number of pyridine rings is 1. The molecule has 2 aromatic heterocycles. The zero-order chi connectivity index (χ0) is 13.2. The van der Waals surface area contributed by atoms with E-state index in [4.69, 9.17) is 4.52 Å². The van der Waals surface area contributed by atoms with Gasteiger partial charge in [0.2, 0.25) is 11.4 Å². The van der Waals surface area contributed by atoms with E-state index in [-0.39, 0.29) is 17.2 Å². The summed E-state index contributed by atoms with van der Waals surface area (Å²) < 4.78 is 5.09. The van der Waals surface area contributed by atoms with Crippen LogP contribution in [-0.2, 0) is 0 Å². The highest BCUT2D eigenvalue weighted by atomic mass is 16.5. The molecular weight excluding hydrogens is 246 g/mol. The number of aromatic nitrogens is 3. The van der Waals surface area contributed by atoms with E-state index in [1.807, 2.05) is 0 Å². The molecule has 0 saturated heterocycles. The lowest BCUT2D eigenvalue weighted by atomic mass is 10.2. The summed E-state index contributed by atoms with van der Waals surface area (Å²) in [6, 6.07) is 11.2. The fourth-order valence-corrected chi connectivity index (χ4v) is 1.67. The number of aromatic amines is 1. The summed E-state index contributed by atoms with van der Waals surface area (Å²) in [5.41, 5.74) is 0.842. The van der Waals surface area contributed by atoms with Crippen LogP contribution in [-0.4, -0.2) is 20.2 Å². The van der Waals surface area contributed by atoms with Crippen LogP contribution in [0.15, 0.2) is 51.8 Å². The van der Waals surface area contributed by atoms with Gasteiger partial charge in [-0.15, -0.1) is 0 Å². The Morgan fingerprint density at radius 1 is 1.16 bits per heavy atom. The predicted octanol–water partition coefficient (Wildman–Crippen LogP) is 1.80. The quantitative estimate of drug-likeness (QED) is 0.728. The maximum absolute atomic E-state index is 11.2. The Morgan fingerprint density at radius 3 is 2.79 bits per heavy atom. The van der Waals surface area contributed by atoms with E-state index in [1.54, 1.807) is 30.3 Å². The minimum Gasteiger partial charge on any atom is -0.508 e. The van der Waals surface area contributed by atoms with Crippen molar-refractivity contribution < 1.29 is 9.63 Å². The van der Waals surface area contributed by atoms with Crippen LogP contribution in [0.4, 0.5) is 0 Å². The standard InChI is InChI=1S/C13H9N3O3/c17-9-4-1-3-8(7-9)12-15-13(19-16-12)10-5-2-6-11(18)14-10/h1-7,17H,(H,14,18). The van der Waals surface area contributed by atoms with Crippen molar-refractivity contribution in [3.63, 3.8) is 0 Å². The minimum atomic E-state index is -0.241. The Balaban J connectivity index is 2.02.